The number of ether oxygens (including phenoxy) is 1. The Balaban J connectivity index is 2.29. The predicted molar refractivity (Wildman–Crippen MR) is 78.4 cm³/mol. The molecule has 1 aliphatic rings. The maximum atomic E-state index is 13.3. The molecule has 1 heterocycles. The number of rotatable bonds is 5. The van der Waals surface area contributed by atoms with E-state index in [2.05, 4.69) is 15.2 Å². The molecule has 134 valence electrons. The first kappa shape index (κ1) is 18.3. The SMILES string of the molecule is CCOC(=O)CNC(=O)c1c(C(F)(F)F)nn(C2CCCC2)c1C. The molecule has 0 atom stereocenters. The van der Waals surface area contributed by atoms with Crippen LogP contribution in [0.3, 0.4) is 0 Å². The fourth-order valence-corrected chi connectivity index (χ4v) is 2.95. The van der Waals surface area contributed by atoms with Gasteiger partial charge in [-0.15, -0.1) is 0 Å². The van der Waals surface area contributed by atoms with Crippen LogP contribution in [0.25, 0.3) is 0 Å². The number of nitrogens with one attached hydrogen (secondary N) is 1. The third-order valence-electron chi connectivity index (χ3n) is 4.01. The second kappa shape index (κ2) is 7.23. The zero-order valence-corrected chi connectivity index (χ0v) is 13.6. The minimum absolute atomic E-state index is 0.126. The van der Waals surface area contributed by atoms with E-state index in [1.165, 1.54) is 11.6 Å². The molecule has 1 saturated carbocycles. The van der Waals surface area contributed by atoms with E-state index in [1.807, 2.05) is 0 Å². The molecule has 0 saturated heterocycles. The Bertz CT molecular complexity index is 619. The first-order valence-corrected chi connectivity index (χ1v) is 7.85. The second-order valence-corrected chi connectivity index (χ2v) is 5.68. The molecule has 1 amide bonds. The molecule has 0 spiro atoms. The van der Waals surface area contributed by atoms with Crippen LogP contribution in [-0.4, -0.2) is 34.8 Å². The van der Waals surface area contributed by atoms with Crippen molar-refractivity contribution in [3.63, 3.8) is 0 Å². The van der Waals surface area contributed by atoms with Crippen molar-refractivity contribution >= 4 is 11.9 Å². The Labute approximate surface area is 137 Å². The van der Waals surface area contributed by atoms with E-state index in [9.17, 15) is 22.8 Å². The van der Waals surface area contributed by atoms with Crippen molar-refractivity contribution < 1.29 is 27.5 Å². The number of hydrogen-bond donors (Lipinski definition) is 1. The minimum atomic E-state index is -4.74. The number of hydrogen-bond acceptors (Lipinski definition) is 4. The average Bonchev–Trinajstić information content (AvgIpc) is 3.11. The van der Waals surface area contributed by atoms with Crippen molar-refractivity contribution in [1.82, 2.24) is 15.1 Å². The van der Waals surface area contributed by atoms with Crippen molar-refractivity contribution in [3.05, 3.63) is 17.0 Å². The van der Waals surface area contributed by atoms with Gasteiger partial charge in [0.25, 0.3) is 5.91 Å². The summed E-state index contributed by atoms with van der Waals surface area (Å²) in [6.45, 7) is 2.68. The van der Waals surface area contributed by atoms with E-state index < -0.39 is 35.9 Å². The molecule has 1 fully saturated rings. The summed E-state index contributed by atoms with van der Waals surface area (Å²) in [5.74, 6) is -1.68. The minimum Gasteiger partial charge on any atom is -0.465 e. The highest BCUT2D eigenvalue weighted by molar-refractivity contribution is 5.98. The second-order valence-electron chi connectivity index (χ2n) is 5.68. The van der Waals surface area contributed by atoms with Crippen molar-refractivity contribution in [2.75, 3.05) is 13.2 Å². The molecule has 1 aromatic heterocycles. The van der Waals surface area contributed by atoms with Crippen molar-refractivity contribution in [3.8, 4) is 0 Å². The number of carbonyl (C=O) groups is 2. The molecule has 1 N–H and O–H groups in total. The van der Waals surface area contributed by atoms with Crippen LogP contribution in [0.15, 0.2) is 0 Å². The zero-order chi connectivity index (χ0) is 17.9. The van der Waals surface area contributed by atoms with E-state index in [0.717, 1.165) is 25.7 Å². The lowest BCUT2D eigenvalue weighted by atomic mass is 10.1. The Morgan fingerprint density at radius 3 is 2.50 bits per heavy atom. The van der Waals surface area contributed by atoms with E-state index in [-0.39, 0.29) is 18.3 Å². The van der Waals surface area contributed by atoms with Gasteiger partial charge in [-0.25, -0.2) is 0 Å². The fraction of sp³-hybridized carbons (Fsp3) is 0.667. The van der Waals surface area contributed by atoms with Gasteiger partial charge >= 0.3 is 12.1 Å². The number of esters is 1. The molecule has 9 heteroatoms. The lowest BCUT2D eigenvalue weighted by Gasteiger charge is -2.12. The van der Waals surface area contributed by atoms with Crippen molar-refractivity contribution in [2.45, 2.75) is 51.7 Å². The predicted octanol–water partition coefficient (Wildman–Crippen LogP) is 2.62. The van der Waals surface area contributed by atoms with E-state index >= 15 is 0 Å². The van der Waals surface area contributed by atoms with Gasteiger partial charge in [-0.1, -0.05) is 12.8 Å². The molecule has 0 unspecified atom stereocenters. The van der Waals surface area contributed by atoms with Gasteiger partial charge in [0.15, 0.2) is 5.69 Å². The average molecular weight is 347 g/mol. The van der Waals surface area contributed by atoms with Crippen LogP contribution >= 0.6 is 0 Å². The van der Waals surface area contributed by atoms with Gasteiger partial charge < -0.3 is 10.1 Å². The number of alkyl halides is 3. The van der Waals surface area contributed by atoms with Crippen LogP contribution in [0.4, 0.5) is 13.2 Å². The molecule has 6 nitrogen and oxygen atoms in total. The topological polar surface area (TPSA) is 73.2 Å². The fourth-order valence-electron chi connectivity index (χ4n) is 2.95. The monoisotopic (exact) mass is 347 g/mol. The van der Waals surface area contributed by atoms with Crippen molar-refractivity contribution in [1.29, 1.82) is 0 Å². The molecule has 24 heavy (non-hydrogen) atoms. The Morgan fingerprint density at radius 1 is 1.33 bits per heavy atom. The summed E-state index contributed by atoms with van der Waals surface area (Å²) in [5, 5.41) is 5.84. The summed E-state index contributed by atoms with van der Waals surface area (Å²) in [4.78, 5) is 23.5. The van der Waals surface area contributed by atoms with Gasteiger partial charge in [0.1, 0.15) is 6.54 Å². The molecular formula is C15H20F3N3O3. The highest BCUT2D eigenvalue weighted by atomic mass is 19.4. The summed E-state index contributed by atoms with van der Waals surface area (Å²) in [6, 6.07) is -0.127. The van der Waals surface area contributed by atoms with Gasteiger partial charge in [-0.3, -0.25) is 14.3 Å². The Morgan fingerprint density at radius 2 is 1.96 bits per heavy atom. The van der Waals surface area contributed by atoms with Gasteiger partial charge in [-0.2, -0.15) is 18.3 Å². The lowest BCUT2D eigenvalue weighted by Crippen LogP contribution is -2.32. The molecule has 0 bridgehead atoms. The van der Waals surface area contributed by atoms with Crippen LogP contribution in [0, 0.1) is 6.92 Å². The quantitative estimate of drug-likeness (QED) is 0.831. The van der Waals surface area contributed by atoms with Gasteiger partial charge in [0, 0.05) is 5.69 Å². The van der Waals surface area contributed by atoms with Gasteiger partial charge in [0.2, 0.25) is 0 Å². The standard InChI is InChI=1S/C15H20F3N3O3/c1-3-24-11(22)8-19-14(23)12-9(2)21(10-6-4-5-7-10)20-13(12)15(16,17)18/h10H,3-8H2,1-2H3,(H,19,23). The number of nitrogens with zero attached hydrogens (tertiary/aromatic N) is 2. The summed E-state index contributed by atoms with van der Waals surface area (Å²) in [6.07, 6.45) is -1.41. The Kier molecular flexibility index (Phi) is 5.51. The van der Waals surface area contributed by atoms with Gasteiger partial charge in [0.05, 0.1) is 18.2 Å². The van der Waals surface area contributed by atoms with Crippen LogP contribution in [0.2, 0.25) is 0 Å². The van der Waals surface area contributed by atoms with Crippen LogP contribution in [-0.2, 0) is 15.7 Å². The zero-order valence-electron chi connectivity index (χ0n) is 13.6. The summed E-state index contributed by atoms with van der Waals surface area (Å²) < 4.78 is 45.7. The molecule has 0 aliphatic heterocycles. The van der Waals surface area contributed by atoms with Gasteiger partial charge in [-0.05, 0) is 26.7 Å². The molecule has 0 radical (unpaired) electrons. The van der Waals surface area contributed by atoms with Crippen LogP contribution in [0.1, 0.15) is 60.4 Å². The summed E-state index contributed by atoms with van der Waals surface area (Å²) in [5.41, 5.74) is -1.58. The first-order chi connectivity index (χ1) is 11.3. The maximum Gasteiger partial charge on any atom is 0.435 e. The largest absolute Gasteiger partial charge is 0.465 e. The smallest absolute Gasteiger partial charge is 0.435 e. The van der Waals surface area contributed by atoms with E-state index in [0.29, 0.717) is 0 Å². The number of carbonyl (C=O) groups excluding carboxylic acids is 2. The molecular weight excluding hydrogens is 327 g/mol. The number of halogens is 3. The normalized spacial score (nSPS) is 15.5. The highest BCUT2D eigenvalue weighted by Crippen LogP contribution is 2.36. The maximum absolute atomic E-state index is 13.3. The van der Waals surface area contributed by atoms with Crippen LogP contribution < -0.4 is 5.32 Å². The number of amides is 1. The molecule has 0 aromatic carbocycles. The first-order valence-electron chi connectivity index (χ1n) is 7.85. The van der Waals surface area contributed by atoms with E-state index in [1.54, 1.807) is 6.92 Å². The highest BCUT2D eigenvalue weighted by Gasteiger charge is 2.41. The summed E-state index contributed by atoms with van der Waals surface area (Å²) in [7, 11) is 0. The van der Waals surface area contributed by atoms with Crippen LogP contribution in [0.5, 0.6) is 0 Å². The summed E-state index contributed by atoms with van der Waals surface area (Å²) >= 11 is 0. The van der Waals surface area contributed by atoms with Crippen molar-refractivity contribution in [2.24, 2.45) is 0 Å². The molecule has 1 aromatic rings. The third kappa shape index (κ3) is 3.88. The third-order valence-corrected chi connectivity index (χ3v) is 4.01. The lowest BCUT2D eigenvalue weighted by molar-refractivity contribution is -0.142. The van der Waals surface area contributed by atoms with E-state index in [4.69, 9.17) is 0 Å². The Hall–Kier alpha value is -2.06. The number of aromatic nitrogens is 2. The molecule has 2 rings (SSSR count). The molecule has 1 aliphatic carbocycles.